The summed E-state index contributed by atoms with van der Waals surface area (Å²) in [4.78, 5) is 32.2. The molecule has 0 spiro atoms. The number of carbonyl (C=O) groups is 1. The minimum atomic E-state index is -0.471. The van der Waals surface area contributed by atoms with Crippen molar-refractivity contribution in [2.75, 3.05) is 24.7 Å². The summed E-state index contributed by atoms with van der Waals surface area (Å²) in [7, 11) is 0. The van der Waals surface area contributed by atoms with Crippen molar-refractivity contribution in [1.82, 2.24) is 10.3 Å². The van der Waals surface area contributed by atoms with Crippen LogP contribution in [0.5, 0.6) is 0 Å². The van der Waals surface area contributed by atoms with Gasteiger partial charge in [-0.15, -0.1) is 0 Å². The van der Waals surface area contributed by atoms with Gasteiger partial charge in [-0.3, -0.25) is 30.1 Å². The lowest BCUT2D eigenvalue weighted by molar-refractivity contribution is -0.384. The van der Waals surface area contributed by atoms with Crippen molar-refractivity contribution in [2.24, 2.45) is 10.1 Å². The number of likely N-dealkylation sites (tertiary alicyclic amines) is 1. The Kier molecular flexibility index (Phi) is 6.67. The summed E-state index contributed by atoms with van der Waals surface area (Å²) in [6.07, 6.45) is 8.71. The van der Waals surface area contributed by atoms with Crippen molar-refractivity contribution in [3.63, 3.8) is 0 Å². The molecule has 1 amide bonds. The quantitative estimate of drug-likeness (QED) is 0.436. The zero-order valence-electron chi connectivity index (χ0n) is 17.4. The van der Waals surface area contributed by atoms with E-state index in [2.05, 4.69) is 20.4 Å². The van der Waals surface area contributed by atoms with Gasteiger partial charge in [0.1, 0.15) is 5.71 Å². The van der Waals surface area contributed by atoms with Gasteiger partial charge in [-0.25, -0.2) is 4.99 Å². The Morgan fingerprint density at radius 3 is 2.55 bits per heavy atom. The highest BCUT2D eigenvalue weighted by Gasteiger charge is 2.36. The van der Waals surface area contributed by atoms with Crippen LogP contribution in [0.2, 0.25) is 0 Å². The second-order valence-corrected chi connectivity index (χ2v) is 8.51. The number of non-ortho nitro benzene ring substituents is 1. The third kappa shape index (κ3) is 4.96. The Bertz CT molecular complexity index is 946. The standard InChI is InChI=1S/C21H26N6O3S/c28-20-19(22-21(31)24-23-15-7-3-1-4-8-15)17-13-16(27(29)30)9-10-18(17)26(20)14-25-11-5-2-6-12-25/h9-10,13H,1-8,11-12,14H2,(H,24,31)/b22-19-. The van der Waals surface area contributed by atoms with Crippen LogP contribution in [-0.4, -0.2) is 52.0 Å². The number of nitro groups is 1. The van der Waals surface area contributed by atoms with Crippen molar-refractivity contribution < 1.29 is 9.72 Å². The Hall–Kier alpha value is -2.72. The highest BCUT2D eigenvalue weighted by atomic mass is 32.1. The van der Waals surface area contributed by atoms with Crippen LogP contribution >= 0.6 is 12.2 Å². The van der Waals surface area contributed by atoms with Crippen molar-refractivity contribution >= 4 is 46.0 Å². The predicted octanol–water partition coefficient (Wildman–Crippen LogP) is 3.37. The highest BCUT2D eigenvalue weighted by molar-refractivity contribution is 7.80. The molecule has 1 aliphatic carbocycles. The molecular weight excluding hydrogens is 416 g/mol. The maximum absolute atomic E-state index is 13.2. The minimum Gasteiger partial charge on any atom is -0.293 e. The molecule has 0 radical (unpaired) electrons. The van der Waals surface area contributed by atoms with Crippen LogP contribution in [0.15, 0.2) is 28.3 Å². The van der Waals surface area contributed by atoms with Gasteiger partial charge in [-0.05, 0) is 69.9 Å². The van der Waals surface area contributed by atoms with E-state index in [0.29, 0.717) is 17.9 Å². The number of anilines is 1. The molecule has 164 valence electrons. The molecule has 31 heavy (non-hydrogen) atoms. The van der Waals surface area contributed by atoms with Crippen LogP contribution in [0.4, 0.5) is 11.4 Å². The van der Waals surface area contributed by atoms with Crippen molar-refractivity contribution in [1.29, 1.82) is 0 Å². The number of nitro benzene ring substituents is 1. The maximum atomic E-state index is 13.2. The van der Waals surface area contributed by atoms with Gasteiger partial charge in [-0.1, -0.05) is 12.8 Å². The first kappa shape index (κ1) is 21.5. The molecule has 2 aliphatic heterocycles. The van der Waals surface area contributed by atoms with Crippen LogP contribution in [0.1, 0.15) is 56.9 Å². The molecule has 1 aromatic rings. The normalized spacial score (nSPS) is 20.6. The van der Waals surface area contributed by atoms with Gasteiger partial charge in [0.15, 0.2) is 0 Å². The molecule has 0 aromatic heterocycles. The van der Waals surface area contributed by atoms with E-state index in [-0.39, 0.29) is 22.4 Å². The lowest BCUT2D eigenvalue weighted by atomic mass is 9.99. The highest BCUT2D eigenvalue weighted by Crippen LogP contribution is 2.33. The fourth-order valence-corrected chi connectivity index (χ4v) is 4.43. The number of aliphatic imine (C=N–C) groups is 1. The van der Waals surface area contributed by atoms with Gasteiger partial charge >= 0.3 is 0 Å². The SMILES string of the molecule is O=C1/C(=N\C(=S)NN=C2CCCCC2)c2cc([N+](=O)[O-])ccc2N1CN1CCCCC1. The molecule has 0 unspecified atom stereocenters. The van der Waals surface area contributed by atoms with E-state index in [0.717, 1.165) is 57.3 Å². The molecule has 1 N–H and O–H groups in total. The Labute approximate surface area is 186 Å². The monoisotopic (exact) mass is 442 g/mol. The summed E-state index contributed by atoms with van der Waals surface area (Å²) in [6, 6.07) is 4.44. The molecular formula is C21H26N6O3S. The number of nitrogens with zero attached hydrogens (tertiary/aromatic N) is 5. The molecule has 2 fully saturated rings. The maximum Gasteiger partial charge on any atom is 0.278 e. The Morgan fingerprint density at radius 2 is 1.84 bits per heavy atom. The van der Waals surface area contributed by atoms with Crippen molar-refractivity contribution in [3.05, 3.63) is 33.9 Å². The summed E-state index contributed by atoms with van der Waals surface area (Å²) in [5.41, 5.74) is 4.93. The molecule has 2 heterocycles. The number of benzene rings is 1. The lowest BCUT2D eigenvalue weighted by Gasteiger charge is -2.30. The van der Waals surface area contributed by atoms with E-state index >= 15 is 0 Å². The van der Waals surface area contributed by atoms with Crippen molar-refractivity contribution in [2.45, 2.75) is 51.4 Å². The fraction of sp³-hybridized carbons (Fsp3) is 0.524. The number of carbonyl (C=O) groups excluding carboxylic acids is 1. The molecule has 1 aromatic carbocycles. The van der Waals surface area contributed by atoms with Gasteiger partial charge < -0.3 is 0 Å². The first-order valence-corrected chi connectivity index (χ1v) is 11.2. The number of piperidine rings is 1. The third-order valence-corrected chi connectivity index (χ3v) is 6.11. The molecule has 1 saturated heterocycles. The third-order valence-electron chi connectivity index (χ3n) is 5.93. The predicted molar refractivity (Wildman–Crippen MR) is 124 cm³/mol. The number of thiocarbonyl (C=S) groups is 1. The summed E-state index contributed by atoms with van der Waals surface area (Å²) in [5, 5.41) is 15.7. The van der Waals surface area contributed by atoms with Gasteiger partial charge in [0.25, 0.3) is 11.6 Å². The molecule has 4 rings (SSSR count). The number of hydrogen-bond acceptors (Lipinski definition) is 6. The number of amides is 1. The summed E-state index contributed by atoms with van der Waals surface area (Å²) < 4.78 is 0. The molecule has 1 saturated carbocycles. The molecule has 0 atom stereocenters. The second-order valence-electron chi connectivity index (χ2n) is 8.13. The van der Waals surface area contributed by atoms with Crippen LogP contribution in [0.3, 0.4) is 0 Å². The van der Waals surface area contributed by atoms with E-state index in [1.54, 1.807) is 11.0 Å². The number of hydrogen-bond donors (Lipinski definition) is 1. The fourth-order valence-electron chi connectivity index (χ4n) is 4.29. The minimum absolute atomic E-state index is 0.0821. The van der Waals surface area contributed by atoms with E-state index < -0.39 is 4.92 Å². The van der Waals surface area contributed by atoms with Gasteiger partial charge in [-0.2, -0.15) is 5.10 Å². The van der Waals surface area contributed by atoms with E-state index in [4.69, 9.17) is 12.2 Å². The topological polar surface area (TPSA) is 103 Å². The number of fused-ring (bicyclic) bond motifs is 1. The smallest absolute Gasteiger partial charge is 0.278 e. The lowest BCUT2D eigenvalue weighted by Crippen LogP contribution is -2.43. The summed E-state index contributed by atoms with van der Waals surface area (Å²) >= 11 is 5.30. The molecule has 9 nitrogen and oxygen atoms in total. The van der Waals surface area contributed by atoms with Crippen LogP contribution in [0.25, 0.3) is 0 Å². The molecule has 3 aliphatic rings. The number of nitrogens with one attached hydrogen (secondary N) is 1. The van der Waals surface area contributed by atoms with E-state index in [9.17, 15) is 14.9 Å². The summed E-state index contributed by atoms with van der Waals surface area (Å²) in [5.74, 6) is -0.296. The zero-order valence-corrected chi connectivity index (χ0v) is 18.2. The van der Waals surface area contributed by atoms with Crippen LogP contribution in [0, 0.1) is 10.1 Å². The molecule has 10 heteroatoms. The first-order valence-electron chi connectivity index (χ1n) is 10.8. The van der Waals surface area contributed by atoms with Crippen LogP contribution in [-0.2, 0) is 4.79 Å². The Balaban J connectivity index is 1.59. The van der Waals surface area contributed by atoms with E-state index in [1.165, 1.54) is 25.0 Å². The summed E-state index contributed by atoms with van der Waals surface area (Å²) in [6.45, 7) is 2.29. The number of rotatable bonds is 4. The van der Waals surface area contributed by atoms with Crippen LogP contribution < -0.4 is 10.3 Å². The van der Waals surface area contributed by atoms with Gasteiger partial charge in [0.05, 0.1) is 17.3 Å². The number of hydrazone groups is 1. The largest absolute Gasteiger partial charge is 0.293 e. The Morgan fingerprint density at radius 1 is 1.13 bits per heavy atom. The zero-order chi connectivity index (χ0) is 21.8. The van der Waals surface area contributed by atoms with Crippen molar-refractivity contribution in [3.8, 4) is 0 Å². The molecule has 0 bridgehead atoms. The van der Waals surface area contributed by atoms with Gasteiger partial charge in [0.2, 0.25) is 5.11 Å². The van der Waals surface area contributed by atoms with E-state index in [1.807, 2.05) is 0 Å². The average molecular weight is 443 g/mol. The second kappa shape index (κ2) is 9.61. The van der Waals surface area contributed by atoms with Gasteiger partial charge in [0, 0.05) is 23.4 Å². The average Bonchev–Trinajstić information content (AvgIpc) is 3.04. The first-order chi connectivity index (χ1) is 15.0.